The number of aliphatic carboxylic acids is 1. The van der Waals surface area contributed by atoms with Crippen LogP contribution in [0.4, 0.5) is 0 Å². The van der Waals surface area contributed by atoms with Crippen LogP contribution in [-0.2, 0) is 38.2 Å². The van der Waals surface area contributed by atoms with Gasteiger partial charge in [-0.15, -0.1) is 0 Å². The fourth-order valence-corrected chi connectivity index (χ4v) is 1.12. The second-order valence-corrected chi connectivity index (χ2v) is 3.82. The number of esters is 3. The summed E-state index contributed by atoms with van der Waals surface area (Å²) in [7, 11) is 1.11. The first-order valence-corrected chi connectivity index (χ1v) is 6.10. The Bertz CT molecular complexity index is 501. The second kappa shape index (κ2) is 10.7. The summed E-state index contributed by atoms with van der Waals surface area (Å²) in [6, 6.07) is -1.48. The first-order valence-electron chi connectivity index (χ1n) is 6.10. The molecule has 0 saturated heterocycles. The standard InChI is InChI=1S/C12H16N2O9/c1-21-10(18)2-3-11(19)22-6-23-12(20)7(4-9(16)17)14-8(15)5-13/h2-3,7H,4-6,13H2,1H3,(H,14,15)(H,16,17)/t7-/m0/s1. The largest absolute Gasteiger partial charge is 0.481 e. The number of carbonyl (C=O) groups excluding carboxylic acids is 4. The Morgan fingerprint density at radius 2 is 1.74 bits per heavy atom. The van der Waals surface area contributed by atoms with E-state index >= 15 is 0 Å². The third-order valence-corrected chi connectivity index (χ3v) is 2.14. The molecular weight excluding hydrogens is 316 g/mol. The molecule has 128 valence electrons. The monoisotopic (exact) mass is 332 g/mol. The maximum Gasteiger partial charge on any atom is 0.333 e. The molecule has 0 aromatic carbocycles. The number of methoxy groups -OCH3 is 1. The highest BCUT2D eigenvalue weighted by Crippen LogP contribution is 1.97. The third kappa shape index (κ3) is 9.57. The number of amides is 1. The van der Waals surface area contributed by atoms with Gasteiger partial charge >= 0.3 is 23.9 Å². The van der Waals surface area contributed by atoms with Crippen LogP contribution in [0.15, 0.2) is 12.2 Å². The summed E-state index contributed by atoms with van der Waals surface area (Å²) in [5.41, 5.74) is 5.03. The van der Waals surface area contributed by atoms with E-state index in [9.17, 15) is 24.0 Å². The lowest BCUT2D eigenvalue weighted by Crippen LogP contribution is -2.45. The van der Waals surface area contributed by atoms with Crippen LogP contribution in [0.3, 0.4) is 0 Å². The Kier molecular flexibility index (Phi) is 9.35. The molecule has 0 fully saturated rings. The Morgan fingerprint density at radius 1 is 1.13 bits per heavy atom. The van der Waals surface area contributed by atoms with Crippen molar-refractivity contribution in [3.8, 4) is 0 Å². The van der Waals surface area contributed by atoms with Crippen LogP contribution in [0.25, 0.3) is 0 Å². The minimum atomic E-state index is -1.48. The predicted molar refractivity (Wildman–Crippen MR) is 71.4 cm³/mol. The topological polar surface area (TPSA) is 171 Å². The molecule has 4 N–H and O–H groups in total. The molecule has 0 aliphatic carbocycles. The zero-order valence-electron chi connectivity index (χ0n) is 12.1. The number of hydrogen-bond acceptors (Lipinski definition) is 9. The quantitative estimate of drug-likeness (QED) is 0.236. The average Bonchev–Trinajstić information content (AvgIpc) is 2.50. The van der Waals surface area contributed by atoms with E-state index in [1.54, 1.807) is 0 Å². The highest BCUT2D eigenvalue weighted by molar-refractivity contribution is 5.91. The van der Waals surface area contributed by atoms with Crippen LogP contribution >= 0.6 is 0 Å². The molecule has 0 unspecified atom stereocenters. The van der Waals surface area contributed by atoms with Crippen LogP contribution in [0, 0.1) is 0 Å². The highest BCUT2D eigenvalue weighted by Gasteiger charge is 2.25. The van der Waals surface area contributed by atoms with Crippen LogP contribution in [0.1, 0.15) is 6.42 Å². The zero-order valence-corrected chi connectivity index (χ0v) is 12.1. The molecular formula is C12H16N2O9. The average molecular weight is 332 g/mol. The van der Waals surface area contributed by atoms with E-state index in [0.717, 1.165) is 19.3 Å². The zero-order chi connectivity index (χ0) is 17.8. The summed E-state index contributed by atoms with van der Waals surface area (Å²) in [6.45, 7) is -1.28. The normalized spacial score (nSPS) is 11.4. The number of carboxylic acids is 1. The van der Waals surface area contributed by atoms with Crippen LogP contribution in [-0.4, -0.2) is 61.4 Å². The van der Waals surface area contributed by atoms with Crippen molar-refractivity contribution in [3.05, 3.63) is 12.2 Å². The first kappa shape index (κ1) is 20.1. The van der Waals surface area contributed by atoms with Gasteiger partial charge in [-0.3, -0.25) is 9.59 Å². The van der Waals surface area contributed by atoms with Crippen molar-refractivity contribution in [1.82, 2.24) is 5.32 Å². The number of rotatable bonds is 9. The minimum absolute atomic E-state index is 0.448. The summed E-state index contributed by atoms with van der Waals surface area (Å²) >= 11 is 0. The molecule has 11 heteroatoms. The number of carbonyl (C=O) groups is 5. The molecule has 0 aromatic rings. The van der Waals surface area contributed by atoms with E-state index in [-0.39, 0.29) is 0 Å². The number of carboxylic acid groups (broad SMARTS) is 1. The molecule has 23 heavy (non-hydrogen) atoms. The van der Waals surface area contributed by atoms with Crippen molar-refractivity contribution in [2.45, 2.75) is 12.5 Å². The number of nitrogens with one attached hydrogen (secondary N) is 1. The Hall–Kier alpha value is -2.95. The molecule has 11 nitrogen and oxygen atoms in total. The lowest BCUT2D eigenvalue weighted by molar-refractivity contribution is -0.167. The highest BCUT2D eigenvalue weighted by atomic mass is 16.7. The lowest BCUT2D eigenvalue weighted by atomic mass is 10.2. The van der Waals surface area contributed by atoms with Gasteiger partial charge in [-0.2, -0.15) is 0 Å². The van der Waals surface area contributed by atoms with E-state index in [1.807, 2.05) is 5.32 Å². The maximum absolute atomic E-state index is 11.6. The predicted octanol–water partition coefficient (Wildman–Crippen LogP) is -2.32. The molecule has 0 aliphatic rings. The van der Waals surface area contributed by atoms with Crippen molar-refractivity contribution in [2.24, 2.45) is 5.73 Å². The van der Waals surface area contributed by atoms with E-state index < -0.39 is 55.6 Å². The maximum atomic E-state index is 11.6. The Morgan fingerprint density at radius 3 is 2.26 bits per heavy atom. The van der Waals surface area contributed by atoms with Crippen molar-refractivity contribution >= 4 is 29.8 Å². The third-order valence-electron chi connectivity index (χ3n) is 2.14. The van der Waals surface area contributed by atoms with Gasteiger partial charge in [-0.1, -0.05) is 0 Å². The SMILES string of the molecule is COC(=O)C=CC(=O)OCOC(=O)[C@H](CC(=O)O)NC(=O)CN. The van der Waals surface area contributed by atoms with Crippen molar-refractivity contribution in [2.75, 3.05) is 20.4 Å². The van der Waals surface area contributed by atoms with Gasteiger partial charge in [0, 0.05) is 12.2 Å². The van der Waals surface area contributed by atoms with Crippen LogP contribution in [0.2, 0.25) is 0 Å². The van der Waals surface area contributed by atoms with Crippen molar-refractivity contribution in [1.29, 1.82) is 0 Å². The molecule has 0 heterocycles. The van der Waals surface area contributed by atoms with Crippen LogP contribution < -0.4 is 11.1 Å². The first-order chi connectivity index (χ1) is 10.8. The molecule has 1 atom stereocenters. The molecule has 0 saturated carbocycles. The van der Waals surface area contributed by atoms with E-state index in [2.05, 4.69) is 14.2 Å². The molecule has 0 spiro atoms. The van der Waals surface area contributed by atoms with Crippen molar-refractivity contribution < 1.29 is 43.3 Å². The summed E-state index contributed by atoms with van der Waals surface area (Å²) in [6.07, 6.45) is 0.796. The summed E-state index contributed by atoms with van der Waals surface area (Å²) in [5, 5.41) is 10.7. The molecule has 0 aromatic heterocycles. The van der Waals surface area contributed by atoms with Gasteiger partial charge in [0.2, 0.25) is 12.7 Å². The van der Waals surface area contributed by atoms with Gasteiger partial charge < -0.3 is 30.4 Å². The molecule has 0 aliphatic heterocycles. The van der Waals surface area contributed by atoms with Gasteiger partial charge in [-0.05, 0) is 0 Å². The lowest BCUT2D eigenvalue weighted by Gasteiger charge is -2.15. The summed E-state index contributed by atoms with van der Waals surface area (Å²) in [4.78, 5) is 55.1. The van der Waals surface area contributed by atoms with Gasteiger partial charge in [0.1, 0.15) is 6.04 Å². The van der Waals surface area contributed by atoms with Crippen LogP contribution in [0.5, 0.6) is 0 Å². The van der Waals surface area contributed by atoms with Gasteiger partial charge in [0.15, 0.2) is 0 Å². The molecule has 1 amide bonds. The summed E-state index contributed by atoms with van der Waals surface area (Å²) in [5.74, 6) is -5.03. The molecule has 0 bridgehead atoms. The summed E-state index contributed by atoms with van der Waals surface area (Å²) < 4.78 is 13.2. The number of hydrogen-bond donors (Lipinski definition) is 3. The smallest absolute Gasteiger partial charge is 0.333 e. The van der Waals surface area contributed by atoms with E-state index in [1.165, 1.54) is 0 Å². The fraction of sp³-hybridized carbons (Fsp3) is 0.417. The fourth-order valence-electron chi connectivity index (χ4n) is 1.12. The van der Waals surface area contributed by atoms with E-state index in [0.29, 0.717) is 0 Å². The Balaban J connectivity index is 4.38. The molecule has 0 rings (SSSR count). The van der Waals surface area contributed by atoms with Crippen molar-refractivity contribution in [3.63, 3.8) is 0 Å². The minimum Gasteiger partial charge on any atom is -0.481 e. The van der Waals surface area contributed by atoms with Gasteiger partial charge in [0.25, 0.3) is 0 Å². The van der Waals surface area contributed by atoms with E-state index in [4.69, 9.17) is 10.8 Å². The number of nitrogens with two attached hydrogens (primary N) is 1. The Labute approximate surface area is 130 Å². The number of ether oxygens (including phenoxy) is 3. The van der Waals surface area contributed by atoms with Gasteiger partial charge in [0.05, 0.1) is 20.1 Å². The second-order valence-electron chi connectivity index (χ2n) is 3.82. The van der Waals surface area contributed by atoms with Gasteiger partial charge in [-0.25, -0.2) is 14.4 Å². The molecule has 0 radical (unpaired) electrons.